The number of hydrogen-bond acceptors (Lipinski definition) is 3. The molecule has 0 saturated heterocycles. The summed E-state index contributed by atoms with van der Waals surface area (Å²) in [4.78, 5) is 34.8. The number of aromatic nitrogens is 2. The van der Waals surface area contributed by atoms with Crippen LogP contribution in [0.2, 0.25) is 0 Å². The van der Waals surface area contributed by atoms with Crippen LogP contribution in [0.3, 0.4) is 0 Å². The van der Waals surface area contributed by atoms with E-state index < -0.39 is 0 Å². The first-order chi connectivity index (χ1) is 12.2. The first-order valence-corrected chi connectivity index (χ1v) is 9.13. The van der Waals surface area contributed by atoms with Crippen LogP contribution in [0.5, 0.6) is 0 Å². The van der Waals surface area contributed by atoms with E-state index in [4.69, 9.17) is 0 Å². The average Bonchev–Trinajstić information content (AvgIpc) is 3.38. The van der Waals surface area contributed by atoms with E-state index in [2.05, 4.69) is 9.97 Å². The molecule has 1 spiro atoms. The molecule has 2 aromatic rings. The highest BCUT2D eigenvalue weighted by Crippen LogP contribution is 2.66. The number of carbonyl (C=O) groups excluding carboxylic acids is 1. The Morgan fingerprint density at radius 2 is 2.04 bits per heavy atom. The maximum Gasteiger partial charge on any atom is 0.254 e. The Bertz CT molecular complexity index is 899. The standard InChI is InChI=1S/C20H21N3O2/c24-18-14-7-10-23(19(25)15-11-20(15)8-4-9-20)12-16(14)21-17(22-18)13-5-2-1-3-6-13/h1-3,5-6,15H,4,7-12H2,(H,21,22,24)/t15-/m0/s1. The highest BCUT2D eigenvalue weighted by Gasteiger charge is 2.61. The molecule has 0 radical (unpaired) electrons. The molecule has 25 heavy (non-hydrogen) atoms. The van der Waals surface area contributed by atoms with Crippen molar-refractivity contribution in [3.8, 4) is 11.4 Å². The zero-order chi connectivity index (χ0) is 17.0. The topological polar surface area (TPSA) is 66.1 Å². The van der Waals surface area contributed by atoms with Gasteiger partial charge >= 0.3 is 0 Å². The zero-order valence-corrected chi connectivity index (χ0v) is 14.1. The van der Waals surface area contributed by atoms with E-state index in [9.17, 15) is 9.59 Å². The van der Waals surface area contributed by atoms with Crippen LogP contribution >= 0.6 is 0 Å². The Balaban J connectivity index is 1.42. The van der Waals surface area contributed by atoms with Crippen molar-refractivity contribution in [3.05, 3.63) is 51.9 Å². The Labute approximate surface area is 146 Å². The second kappa shape index (κ2) is 5.28. The molecule has 5 heteroatoms. The van der Waals surface area contributed by atoms with E-state index in [0.29, 0.717) is 30.7 Å². The van der Waals surface area contributed by atoms with Gasteiger partial charge in [0.2, 0.25) is 5.91 Å². The molecule has 0 bridgehead atoms. The van der Waals surface area contributed by atoms with Crippen LogP contribution < -0.4 is 5.56 Å². The second-order valence-electron chi connectivity index (χ2n) is 7.69. The molecule has 1 aromatic carbocycles. The largest absolute Gasteiger partial charge is 0.336 e. The van der Waals surface area contributed by atoms with Gasteiger partial charge in [-0.15, -0.1) is 0 Å². The predicted molar refractivity (Wildman–Crippen MR) is 93.8 cm³/mol. The number of rotatable bonds is 2. The minimum atomic E-state index is -0.0714. The first kappa shape index (κ1) is 14.9. The van der Waals surface area contributed by atoms with Gasteiger partial charge in [0, 0.05) is 23.6 Å². The van der Waals surface area contributed by atoms with Crippen LogP contribution in [0.25, 0.3) is 11.4 Å². The van der Waals surface area contributed by atoms with Gasteiger partial charge in [0.05, 0.1) is 12.2 Å². The van der Waals surface area contributed by atoms with Crippen molar-refractivity contribution in [1.82, 2.24) is 14.9 Å². The van der Waals surface area contributed by atoms with Crippen molar-refractivity contribution in [2.75, 3.05) is 6.54 Å². The monoisotopic (exact) mass is 335 g/mol. The van der Waals surface area contributed by atoms with Gasteiger partial charge in [-0.2, -0.15) is 0 Å². The average molecular weight is 335 g/mol. The van der Waals surface area contributed by atoms with Gasteiger partial charge in [0.1, 0.15) is 5.82 Å². The molecule has 1 aromatic heterocycles. The molecule has 1 N–H and O–H groups in total. The fraction of sp³-hybridized carbons (Fsp3) is 0.450. The zero-order valence-electron chi connectivity index (χ0n) is 14.1. The maximum atomic E-state index is 12.8. The van der Waals surface area contributed by atoms with E-state index >= 15 is 0 Å². The number of carbonyl (C=O) groups is 1. The molecule has 2 saturated carbocycles. The fourth-order valence-corrected chi connectivity index (χ4v) is 4.46. The maximum absolute atomic E-state index is 12.8. The van der Waals surface area contributed by atoms with Crippen LogP contribution in [0, 0.1) is 11.3 Å². The summed E-state index contributed by atoms with van der Waals surface area (Å²) in [7, 11) is 0. The smallest absolute Gasteiger partial charge is 0.254 e. The third-order valence-electron chi connectivity index (χ3n) is 6.27. The summed E-state index contributed by atoms with van der Waals surface area (Å²) < 4.78 is 0. The van der Waals surface area contributed by atoms with Gasteiger partial charge in [-0.3, -0.25) is 9.59 Å². The van der Waals surface area contributed by atoms with Crippen LogP contribution in [0.15, 0.2) is 35.1 Å². The van der Waals surface area contributed by atoms with Gasteiger partial charge in [-0.25, -0.2) is 4.98 Å². The lowest BCUT2D eigenvalue weighted by Crippen LogP contribution is -2.41. The van der Waals surface area contributed by atoms with E-state index in [1.807, 2.05) is 35.2 Å². The molecule has 2 aliphatic carbocycles. The lowest BCUT2D eigenvalue weighted by atomic mass is 9.79. The van der Waals surface area contributed by atoms with Crippen molar-refractivity contribution in [1.29, 1.82) is 0 Å². The number of nitrogens with one attached hydrogen (secondary N) is 1. The van der Waals surface area contributed by atoms with Crippen molar-refractivity contribution in [2.24, 2.45) is 11.3 Å². The van der Waals surface area contributed by atoms with Gasteiger partial charge in [0.15, 0.2) is 0 Å². The Kier molecular flexibility index (Phi) is 3.14. The SMILES string of the molecule is O=C([C@@H]1CC12CCC2)N1CCc2c(nc(-c3ccccc3)[nH]c2=O)C1. The molecule has 0 unspecified atom stereocenters. The summed E-state index contributed by atoms with van der Waals surface area (Å²) in [5.41, 5.74) is 2.65. The van der Waals surface area contributed by atoms with Crippen molar-refractivity contribution >= 4 is 5.91 Å². The minimum Gasteiger partial charge on any atom is -0.336 e. The quantitative estimate of drug-likeness (QED) is 0.917. The first-order valence-electron chi connectivity index (χ1n) is 9.13. The fourth-order valence-electron chi connectivity index (χ4n) is 4.46. The number of fused-ring (bicyclic) bond motifs is 1. The van der Waals surface area contributed by atoms with E-state index in [-0.39, 0.29) is 17.4 Å². The van der Waals surface area contributed by atoms with E-state index in [1.54, 1.807) is 0 Å². The molecule has 2 heterocycles. The molecule has 2 fully saturated rings. The summed E-state index contributed by atoms with van der Waals surface area (Å²) in [5.74, 6) is 1.08. The normalized spacial score (nSPS) is 23.0. The minimum absolute atomic E-state index is 0.0714. The number of aromatic amines is 1. The molecule has 128 valence electrons. The highest BCUT2D eigenvalue weighted by molar-refractivity contribution is 5.83. The number of H-pyrrole nitrogens is 1. The Morgan fingerprint density at radius 3 is 2.72 bits per heavy atom. The van der Waals surface area contributed by atoms with Crippen LogP contribution in [0.1, 0.15) is 36.9 Å². The molecule has 5 rings (SSSR count). The third-order valence-corrected chi connectivity index (χ3v) is 6.27. The summed E-state index contributed by atoms with van der Waals surface area (Å²) in [6, 6.07) is 9.65. The highest BCUT2D eigenvalue weighted by atomic mass is 16.2. The second-order valence-corrected chi connectivity index (χ2v) is 7.69. The van der Waals surface area contributed by atoms with Gasteiger partial charge in [-0.1, -0.05) is 36.8 Å². The van der Waals surface area contributed by atoms with E-state index in [1.165, 1.54) is 19.3 Å². The molecule has 1 aliphatic heterocycles. The third kappa shape index (κ3) is 2.33. The Hall–Kier alpha value is -2.43. The number of hydrogen-bond donors (Lipinski definition) is 1. The van der Waals surface area contributed by atoms with Crippen LogP contribution in [-0.2, 0) is 17.8 Å². The lowest BCUT2D eigenvalue weighted by molar-refractivity contribution is -0.135. The Morgan fingerprint density at radius 1 is 1.24 bits per heavy atom. The summed E-state index contributed by atoms with van der Waals surface area (Å²) in [6.45, 7) is 1.10. The molecule has 1 atom stereocenters. The summed E-state index contributed by atoms with van der Waals surface area (Å²) in [6.07, 6.45) is 5.35. The molecular weight excluding hydrogens is 314 g/mol. The number of benzene rings is 1. The van der Waals surface area contributed by atoms with Gasteiger partial charge in [-0.05, 0) is 31.1 Å². The van der Waals surface area contributed by atoms with Crippen molar-refractivity contribution < 1.29 is 4.79 Å². The summed E-state index contributed by atoms with van der Waals surface area (Å²) in [5, 5.41) is 0. The number of nitrogens with zero attached hydrogens (tertiary/aromatic N) is 2. The molecule has 5 nitrogen and oxygen atoms in total. The van der Waals surface area contributed by atoms with Gasteiger partial charge < -0.3 is 9.88 Å². The van der Waals surface area contributed by atoms with E-state index in [0.717, 1.165) is 23.2 Å². The van der Waals surface area contributed by atoms with Crippen molar-refractivity contribution in [3.63, 3.8) is 0 Å². The van der Waals surface area contributed by atoms with Crippen molar-refractivity contribution in [2.45, 2.75) is 38.6 Å². The van der Waals surface area contributed by atoms with Crippen LogP contribution in [0.4, 0.5) is 0 Å². The predicted octanol–water partition coefficient (Wildman–Crippen LogP) is 2.51. The number of amides is 1. The molecule has 3 aliphatic rings. The van der Waals surface area contributed by atoms with Crippen LogP contribution in [-0.4, -0.2) is 27.3 Å². The molecular formula is C20H21N3O2. The molecule has 1 amide bonds. The summed E-state index contributed by atoms with van der Waals surface area (Å²) >= 11 is 0. The lowest BCUT2D eigenvalue weighted by Gasteiger charge is -2.31. The van der Waals surface area contributed by atoms with Gasteiger partial charge in [0.25, 0.3) is 5.56 Å².